The molecule has 10 nitrogen and oxygen atoms in total. The molecule has 1 fully saturated rings. The van der Waals surface area contributed by atoms with Crippen molar-refractivity contribution in [2.24, 2.45) is 0 Å². The van der Waals surface area contributed by atoms with Gasteiger partial charge in [-0.05, 0) is 36.4 Å². The Bertz CT molecular complexity index is 1290. The molecule has 36 heavy (non-hydrogen) atoms. The van der Waals surface area contributed by atoms with Crippen LogP contribution in [-0.4, -0.2) is 67.2 Å². The molecule has 0 atom stereocenters. The maximum atomic E-state index is 5.51. The van der Waals surface area contributed by atoms with Crippen LogP contribution < -0.4 is 24.4 Å². The van der Waals surface area contributed by atoms with E-state index in [-0.39, 0.29) is 0 Å². The number of hydrogen-bond acceptors (Lipinski definition) is 9. The summed E-state index contributed by atoms with van der Waals surface area (Å²) in [7, 11) is 4.75. The number of methoxy groups -OCH3 is 3. The lowest BCUT2D eigenvalue weighted by Gasteiger charge is -2.28. The van der Waals surface area contributed by atoms with Crippen LogP contribution in [0.2, 0.25) is 0 Å². The molecule has 0 unspecified atom stereocenters. The van der Waals surface area contributed by atoms with Gasteiger partial charge in [0, 0.05) is 48.5 Å². The fraction of sp³-hybridized carbons (Fsp3) is 0.269. The first-order valence-corrected chi connectivity index (χ1v) is 11.6. The van der Waals surface area contributed by atoms with Gasteiger partial charge in [-0.1, -0.05) is 0 Å². The predicted molar refractivity (Wildman–Crippen MR) is 137 cm³/mol. The number of aromatic nitrogens is 4. The molecule has 5 rings (SSSR count). The van der Waals surface area contributed by atoms with Crippen molar-refractivity contribution in [2.75, 3.05) is 57.8 Å². The van der Waals surface area contributed by atoms with Crippen molar-refractivity contribution >= 4 is 17.2 Å². The highest BCUT2D eigenvalue weighted by atomic mass is 16.5. The number of imidazole rings is 1. The van der Waals surface area contributed by atoms with Gasteiger partial charge >= 0.3 is 0 Å². The first-order valence-electron chi connectivity index (χ1n) is 11.6. The molecular formula is C26H28N6O4. The molecule has 1 saturated heterocycles. The van der Waals surface area contributed by atoms with Gasteiger partial charge in [-0.15, -0.1) is 0 Å². The Hall–Kier alpha value is -4.31. The summed E-state index contributed by atoms with van der Waals surface area (Å²) in [5.41, 5.74) is 2.91. The molecule has 1 N–H and O–H groups in total. The van der Waals surface area contributed by atoms with Crippen molar-refractivity contribution < 1.29 is 18.9 Å². The minimum atomic E-state index is 0.523. The molecule has 2 aromatic carbocycles. The first-order chi connectivity index (χ1) is 17.7. The molecule has 2 aromatic heterocycles. The Morgan fingerprint density at radius 1 is 0.861 bits per heavy atom. The molecule has 1 aliphatic heterocycles. The minimum Gasteiger partial charge on any atom is -0.493 e. The second-order valence-corrected chi connectivity index (χ2v) is 8.07. The maximum Gasteiger partial charge on any atom is 0.203 e. The van der Waals surface area contributed by atoms with Crippen LogP contribution in [0.1, 0.15) is 0 Å². The van der Waals surface area contributed by atoms with E-state index in [4.69, 9.17) is 18.9 Å². The standard InChI is InChI=1S/C26H28N6O4/c1-33-21-14-18(15-22(34-2)25(21)35-3)26-27-8-9-32(26)24-16-23(28-17-29-24)30-19-4-6-20(7-5-19)31-10-12-36-13-11-31/h4-9,14-17H,10-13H2,1-3H3,(H,28,29,30). The highest BCUT2D eigenvalue weighted by molar-refractivity contribution is 5.68. The molecule has 0 bridgehead atoms. The number of hydrogen-bond donors (Lipinski definition) is 1. The van der Waals surface area contributed by atoms with Gasteiger partial charge in [0.1, 0.15) is 23.8 Å². The highest BCUT2D eigenvalue weighted by Gasteiger charge is 2.18. The van der Waals surface area contributed by atoms with Crippen LogP contribution >= 0.6 is 0 Å². The van der Waals surface area contributed by atoms with Crippen LogP contribution in [0.4, 0.5) is 17.2 Å². The fourth-order valence-electron chi connectivity index (χ4n) is 4.18. The zero-order valence-corrected chi connectivity index (χ0v) is 20.5. The molecule has 1 aliphatic rings. The van der Waals surface area contributed by atoms with Crippen molar-refractivity contribution in [3.63, 3.8) is 0 Å². The van der Waals surface area contributed by atoms with E-state index in [1.54, 1.807) is 27.5 Å². The Morgan fingerprint density at radius 2 is 1.58 bits per heavy atom. The monoisotopic (exact) mass is 488 g/mol. The topological polar surface area (TPSA) is 95.8 Å². The molecule has 3 heterocycles. The summed E-state index contributed by atoms with van der Waals surface area (Å²) in [6, 6.07) is 13.9. The van der Waals surface area contributed by atoms with E-state index < -0.39 is 0 Å². The van der Waals surface area contributed by atoms with Gasteiger partial charge in [-0.2, -0.15) is 0 Å². The Kier molecular flexibility index (Phi) is 6.85. The van der Waals surface area contributed by atoms with E-state index in [9.17, 15) is 0 Å². The molecule has 0 saturated carbocycles. The van der Waals surface area contributed by atoms with Gasteiger partial charge < -0.3 is 29.2 Å². The van der Waals surface area contributed by atoms with Crippen LogP contribution in [0.25, 0.3) is 17.2 Å². The summed E-state index contributed by atoms with van der Waals surface area (Å²) in [5, 5.41) is 3.36. The lowest BCUT2D eigenvalue weighted by atomic mass is 10.1. The zero-order chi connectivity index (χ0) is 24.9. The average Bonchev–Trinajstić information content (AvgIpc) is 3.43. The van der Waals surface area contributed by atoms with Gasteiger partial charge in [0.15, 0.2) is 11.5 Å². The molecule has 4 aromatic rings. The largest absolute Gasteiger partial charge is 0.493 e. The first kappa shape index (κ1) is 23.4. The Morgan fingerprint density at radius 3 is 2.25 bits per heavy atom. The Balaban J connectivity index is 1.40. The van der Waals surface area contributed by atoms with E-state index in [0.29, 0.717) is 34.7 Å². The van der Waals surface area contributed by atoms with E-state index in [2.05, 4.69) is 37.3 Å². The minimum absolute atomic E-state index is 0.523. The van der Waals surface area contributed by atoms with Crippen molar-refractivity contribution in [3.8, 4) is 34.5 Å². The summed E-state index contributed by atoms with van der Waals surface area (Å²) >= 11 is 0. The second kappa shape index (κ2) is 10.5. The van der Waals surface area contributed by atoms with Crippen LogP contribution in [0.3, 0.4) is 0 Å². The second-order valence-electron chi connectivity index (χ2n) is 8.07. The van der Waals surface area contributed by atoms with Gasteiger partial charge in [0.05, 0.1) is 34.5 Å². The van der Waals surface area contributed by atoms with Crippen molar-refractivity contribution in [1.29, 1.82) is 0 Å². The highest BCUT2D eigenvalue weighted by Crippen LogP contribution is 2.41. The van der Waals surface area contributed by atoms with Crippen LogP contribution in [0, 0.1) is 0 Å². The quantitative estimate of drug-likeness (QED) is 0.396. The average molecular weight is 489 g/mol. The van der Waals surface area contributed by atoms with Gasteiger partial charge in [0.25, 0.3) is 0 Å². The third kappa shape index (κ3) is 4.76. The number of anilines is 3. The van der Waals surface area contributed by atoms with E-state index in [1.165, 1.54) is 12.0 Å². The molecule has 0 radical (unpaired) electrons. The molecular weight excluding hydrogens is 460 g/mol. The normalized spacial score (nSPS) is 13.4. The summed E-state index contributed by atoms with van der Waals surface area (Å²) < 4.78 is 23.8. The molecule has 0 aliphatic carbocycles. The lowest BCUT2D eigenvalue weighted by molar-refractivity contribution is 0.122. The van der Waals surface area contributed by atoms with E-state index >= 15 is 0 Å². The van der Waals surface area contributed by atoms with Crippen LogP contribution in [-0.2, 0) is 4.74 Å². The maximum absolute atomic E-state index is 5.51. The molecule has 0 spiro atoms. The molecule has 0 amide bonds. The van der Waals surface area contributed by atoms with E-state index in [1.807, 2.05) is 41.1 Å². The zero-order valence-electron chi connectivity index (χ0n) is 20.5. The third-order valence-corrected chi connectivity index (χ3v) is 5.98. The number of morpholine rings is 1. The number of nitrogens with zero attached hydrogens (tertiary/aromatic N) is 5. The van der Waals surface area contributed by atoms with Crippen molar-refractivity contribution in [3.05, 3.63) is 61.2 Å². The number of nitrogens with one attached hydrogen (secondary N) is 1. The van der Waals surface area contributed by atoms with Gasteiger partial charge in [0.2, 0.25) is 5.75 Å². The van der Waals surface area contributed by atoms with Crippen LogP contribution in [0.5, 0.6) is 17.2 Å². The fourth-order valence-corrected chi connectivity index (χ4v) is 4.18. The summed E-state index contributed by atoms with van der Waals surface area (Å²) in [4.78, 5) is 15.7. The smallest absolute Gasteiger partial charge is 0.203 e. The van der Waals surface area contributed by atoms with Crippen LogP contribution in [0.15, 0.2) is 61.2 Å². The van der Waals surface area contributed by atoms with Gasteiger partial charge in [-0.25, -0.2) is 15.0 Å². The third-order valence-electron chi connectivity index (χ3n) is 5.98. The SMILES string of the molecule is COc1cc(-c2nccn2-c2cc(Nc3ccc(N4CCOCC4)cc3)ncn2)cc(OC)c1OC. The molecule has 10 heteroatoms. The summed E-state index contributed by atoms with van der Waals surface area (Å²) in [5.74, 6) is 3.63. The number of rotatable bonds is 8. The van der Waals surface area contributed by atoms with E-state index in [0.717, 1.165) is 37.6 Å². The number of ether oxygens (including phenoxy) is 4. The summed E-state index contributed by atoms with van der Waals surface area (Å²) in [6.07, 6.45) is 5.10. The summed E-state index contributed by atoms with van der Waals surface area (Å²) in [6.45, 7) is 3.33. The number of benzene rings is 2. The van der Waals surface area contributed by atoms with Crippen molar-refractivity contribution in [1.82, 2.24) is 19.5 Å². The van der Waals surface area contributed by atoms with Gasteiger partial charge in [-0.3, -0.25) is 4.57 Å². The Labute approximate surface area is 209 Å². The lowest BCUT2D eigenvalue weighted by Crippen LogP contribution is -2.36. The molecule has 186 valence electrons. The van der Waals surface area contributed by atoms with Crippen molar-refractivity contribution in [2.45, 2.75) is 0 Å². The predicted octanol–water partition coefficient (Wildman–Crippen LogP) is 3.94.